The molecule has 0 aliphatic heterocycles. The topological polar surface area (TPSA) is 35.5 Å². The molecular formula is C29H40O3. The van der Waals surface area contributed by atoms with E-state index >= 15 is 0 Å². The second kappa shape index (κ2) is 16.1. The van der Waals surface area contributed by atoms with Gasteiger partial charge in [-0.15, -0.1) is 0 Å². The van der Waals surface area contributed by atoms with E-state index in [9.17, 15) is 4.79 Å². The van der Waals surface area contributed by atoms with Gasteiger partial charge in [-0.1, -0.05) is 101 Å². The first-order chi connectivity index (χ1) is 15.7. The molecule has 0 aliphatic carbocycles. The average molecular weight is 437 g/mol. The predicted molar refractivity (Wildman–Crippen MR) is 133 cm³/mol. The first kappa shape index (κ1) is 25.7. The van der Waals surface area contributed by atoms with Crippen LogP contribution in [0.25, 0.3) is 0 Å². The fourth-order valence-corrected chi connectivity index (χ4v) is 4.01. The Morgan fingerprint density at radius 1 is 0.781 bits per heavy atom. The van der Waals surface area contributed by atoms with E-state index in [2.05, 4.69) is 68.1 Å². The minimum Gasteiger partial charge on any atom is -0.494 e. The van der Waals surface area contributed by atoms with E-state index in [0.29, 0.717) is 12.5 Å². The van der Waals surface area contributed by atoms with Crippen LogP contribution in [-0.4, -0.2) is 19.2 Å². The Morgan fingerprint density at radius 2 is 1.31 bits per heavy atom. The van der Waals surface area contributed by atoms with Crippen molar-refractivity contribution in [3.8, 4) is 5.75 Å². The van der Waals surface area contributed by atoms with Crippen molar-refractivity contribution >= 4 is 5.97 Å². The lowest BCUT2D eigenvalue weighted by Gasteiger charge is -2.16. The molecule has 0 fully saturated rings. The van der Waals surface area contributed by atoms with Crippen molar-refractivity contribution in [3.05, 3.63) is 78.4 Å². The first-order valence-corrected chi connectivity index (χ1v) is 12.3. The van der Waals surface area contributed by atoms with Gasteiger partial charge in [0.05, 0.1) is 13.2 Å². The summed E-state index contributed by atoms with van der Waals surface area (Å²) in [5.41, 5.74) is 2.72. The normalized spacial score (nSPS) is 11.7. The fourth-order valence-electron chi connectivity index (χ4n) is 4.01. The van der Waals surface area contributed by atoms with Crippen LogP contribution in [0.5, 0.6) is 5.75 Å². The molecule has 2 aromatic rings. The summed E-state index contributed by atoms with van der Waals surface area (Å²) in [6, 6.07) is 19.4. The number of rotatable bonds is 17. The van der Waals surface area contributed by atoms with E-state index in [0.717, 1.165) is 38.0 Å². The summed E-state index contributed by atoms with van der Waals surface area (Å²) in [6.45, 7) is 6.94. The van der Waals surface area contributed by atoms with Crippen LogP contribution in [0.2, 0.25) is 0 Å². The standard InChI is InChI=1S/C29H40O3/c1-3-28(25-17-13-12-14-18-25)26-19-21-27(22-20-26)31-23-15-10-8-6-5-7-9-11-16-24-32-29(30)4-2/h4,12-14,17-22,28H,2-3,5-11,15-16,23-24H2,1H3. The van der Waals surface area contributed by atoms with Crippen LogP contribution < -0.4 is 4.74 Å². The largest absolute Gasteiger partial charge is 0.494 e. The molecule has 0 spiro atoms. The molecule has 0 saturated heterocycles. The van der Waals surface area contributed by atoms with E-state index in [1.807, 2.05) is 0 Å². The number of carbonyl (C=O) groups excluding carboxylic acids is 1. The first-order valence-electron chi connectivity index (χ1n) is 12.3. The Kier molecular flexibility index (Phi) is 13.0. The molecule has 0 heterocycles. The van der Waals surface area contributed by atoms with Crippen molar-refractivity contribution in [2.24, 2.45) is 0 Å². The maximum Gasteiger partial charge on any atom is 0.330 e. The van der Waals surface area contributed by atoms with Gasteiger partial charge in [-0.2, -0.15) is 0 Å². The summed E-state index contributed by atoms with van der Waals surface area (Å²) in [4.78, 5) is 10.9. The third kappa shape index (κ3) is 10.2. The van der Waals surface area contributed by atoms with E-state index in [1.165, 1.54) is 55.7 Å². The summed E-state index contributed by atoms with van der Waals surface area (Å²) in [7, 11) is 0. The number of esters is 1. The molecule has 1 atom stereocenters. The molecule has 32 heavy (non-hydrogen) atoms. The second-order valence-electron chi connectivity index (χ2n) is 8.34. The number of hydrogen-bond acceptors (Lipinski definition) is 3. The summed E-state index contributed by atoms with van der Waals surface area (Å²) < 4.78 is 10.9. The van der Waals surface area contributed by atoms with E-state index in [-0.39, 0.29) is 5.97 Å². The fraction of sp³-hybridized carbons (Fsp3) is 0.483. The van der Waals surface area contributed by atoms with Crippen LogP contribution in [0.1, 0.15) is 88.2 Å². The molecule has 1 unspecified atom stereocenters. The molecule has 174 valence electrons. The zero-order valence-corrected chi connectivity index (χ0v) is 19.8. The third-order valence-corrected chi connectivity index (χ3v) is 5.86. The van der Waals surface area contributed by atoms with Gasteiger partial charge in [-0.05, 0) is 42.5 Å². The smallest absolute Gasteiger partial charge is 0.330 e. The highest BCUT2D eigenvalue weighted by atomic mass is 16.5. The molecular weight excluding hydrogens is 396 g/mol. The van der Waals surface area contributed by atoms with Crippen LogP contribution in [-0.2, 0) is 9.53 Å². The lowest BCUT2D eigenvalue weighted by atomic mass is 9.89. The predicted octanol–water partition coefficient (Wildman–Crippen LogP) is 7.85. The lowest BCUT2D eigenvalue weighted by Crippen LogP contribution is -2.01. The Balaban J connectivity index is 1.49. The number of ether oxygens (including phenoxy) is 2. The Bertz CT molecular complexity index is 752. The van der Waals surface area contributed by atoms with Gasteiger partial charge in [0.1, 0.15) is 5.75 Å². The lowest BCUT2D eigenvalue weighted by molar-refractivity contribution is -0.137. The highest BCUT2D eigenvalue weighted by molar-refractivity contribution is 5.81. The number of unbranched alkanes of at least 4 members (excludes halogenated alkanes) is 8. The Morgan fingerprint density at radius 3 is 1.88 bits per heavy atom. The van der Waals surface area contributed by atoms with Gasteiger partial charge in [0.2, 0.25) is 0 Å². The Hall–Kier alpha value is -2.55. The van der Waals surface area contributed by atoms with Gasteiger partial charge in [0.15, 0.2) is 0 Å². The molecule has 2 rings (SSSR count). The van der Waals surface area contributed by atoms with Gasteiger partial charge in [0.25, 0.3) is 0 Å². The second-order valence-corrected chi connectivity index (χ2v) is 8.34. The third-order valence-electron chi connectivity index (χ3n) is 5.86. The van der Waals surface area contributed by atoms with Gasteiger partial charge >= 0.3 is 5.97 Å². The molecule has 0 radical (unpaired) electrons. The quantitative estimate of drug-likeness (QED) is 0.144. The monoisotopic (exact) mass is 436 g/mol. The maximum absolute atomic E-state index is 10.9. The Labute approximate surface area is 194 Å². The SMILES string of the molecule is C=CC(=O)OCCCCCCCCCCCOc1ccc(C(CC)c2ccccc2)cc1. The van der Waals surface area contributed by atoms with Crippen LogP contribution in [0.15, 0.2) is 67.3 Å². The van der Waals surface area contributed by atoms with E-state index in [1.54, 1.807) is 0 Å². The minimum atomic E-state index is -0.320. The van der Waals surface area contributed by atoms with Crippen molar-refractivity contribution in [1.29, 1.82) is 0 Å². The molecule has 3 nitrogen and oxygen atoms in total. The van der Waals surface area contributed by atoms with Gasteiger partial charge < -0.3 is 9.47 Å². The zero-order valence-electron chi connectivity index (χ0n) is 19.8. The number of benzene rings is 2. The molecule has 3 heteroatoms. The van der Waals surface area contributed by atoms with Crippen molar-refractivity contribution in [1.82, 2.24) is 0 Å². The number of carbonyl (C=O) groups is 1. The molecule has 0 aliphatic rings. The molecule has 0 saturated carbocycles. The van der Waals surface area contributed by atoms with Crippen LogP contribution in [0.4, 0.5) is 0 Å². The van der Waals surface area contributed by atoms with Crippen molar-refractivity contribution in [2.45, 2.75) is 77.0 Å². The van der Waals surface area contributed by atoms with Crippen LogP contribution in [0.3, 0.4) is 0 Å². The molecule has 0 aromatic heterocycles. The molecule has 0 amide bonds. The summed E-state index contributed by atoms with van der Waals surface area (Å²) in [5.74, 6) is 1.09. The van der Waals surface area contributed by atoms with Gasteiger partial charge in [-0.25, -0.2) is 4.79 Å². The minimum absolute atomic E-state index is 0.320. The number of hydrogen-bond donors (Lipinski definition) is 0. The maximum atomic E-state index is 10.9. The molecule has 2 aromatic carbocycles. The highest BCUT2D eigenvalue weighted by Crippen LogP contribution is 2.29. The van der Waals surface area contributed by atoms with Gasteiger partial charge in [0, 0.05) is 12.0 Å². The average Bonchev–Trinajstić information content (AvgIpc) is 2.84. The van der Waals surface area contributed by atoms with Crippen molar-refractivity contribution in [3.63, 3.8) is 0 Å². The van der Waals surface area contributed by atoms with E-state index < -0.39 is 0 Å². The van der Waals surface area contributed by atoms with Crippen molar-refractivity contribution < 1.29 is 14.3 Å². The highest BCUT2D eigenvalue weighted by Gasteiger charge is 2.11. The van der Waals surface area contributed by atoms with Crippen LogP contribution in [0, 0.1) is 0 Å². The van der Waals surface area contributed by atoms with E-state index in [4.69, 9.17) is 9.47 Å². The summed E-state index contributed by atoms with van der Waals surface area (Å²) in [6.07, 6.45) is 13.0. The summed E-state index contributed by atoms with van der Waals surface area (Å²) >= 11 is 0. The van der Waals surface area contributed by atoms with Crippen molar-refractivity contribution in [2.75, 3.05) is 13.2 Å². The molecule has 0 bridgehead atoms. The van der Waals surface area contributed by atoms with Gasteiger partial charge in [-0.3, -0.25) is 0 Å². The summed E-state index contributed by atoms with van der Waals surface area (Å²) in [5, 5.41) is 0. The molecule has 0 N–H and O–H groups in total. The zero-order chi connectivity index (χ0) is 22.9. The van der Waals surface area contributed by atoms with Crippen LogP contribution >= 0.6 is 0 Å².